The number of rotatable bonds is 6. The summed E-state index contributed by atoms with van der Waals surface area (Å²) < 4.78 is 10.6. The van der Waals surface area contributed by atoms with Crippen molar-refractivity contribution in [2.24, 2.45) is 5.73 Å². The van der Waals surface area contributed by atoms with Crippen molar-refractivity contribution < 1.29 is 19.1 Å². The molecule has 2 heterocycles. The molecule has 2 amide bonds. The minimum Gasteiger partial charge on any atom is -0.493 e. The van der Waals surface area contributed by atoms with Gasteiger partial charge in [0.2, 0.25) is 5.91 Å². The molecule has 0 aliphatic carbocycles. The van der Waals surface area contributed by atoms with Crippen molar-refractivity contribution in [3.8, 4) is 11.5 Å². The number of amides is 2. The van der Waals surface area contributed by atoms with Crippen LogP contribution >= 0.6 is 0 Å². The molecule has 2 aromatic rings. The van der Waals surface area contributed by atoms with Crippen LogP contribution in [0.5, 0.6) is 11.5 Å². The number of aromatic amines is 1. The number of nitrogens with two attached hydrogens (primary N) is 1. The molecule has 1 aliphatic heterocycles. The Morgan fingerprint density at radius 1 is 1.22 bits per heavy atom. The number of piperidine rings is 1. The summed E-state index contributed by atoms with van der Waals surface area (Å²) >= 11 is 0. The molecule has 1 aromatic carbocycles. The van der Waals surface area contributed by atoms with Gasteiger partial charge in [0, 0.05) is 6.54 Å². The predicted molar refractivity (Wildman–Crippen MR) is 98.7 cm³/mol. The van der Waals surface area contributed by atoms with E-state index in [1.807, 2.05) is 17.0 Å². The second kappa shape index (κ2) is 8.11. The fourth-order valence-corrected chi connectivity index (χ4v) is 3.45. The fraction of sp³-hybridized carbons (Fsp3) is 0.421. The minimum atomic E-state index is -0.587. The van der Waals surface area contributed by atoms with E-state index in [0.29, 0.717) is 18.0 Å². The molecule has 1 saturated heterocycles. The topological polar surface area (TPSA) is 111 Å². The zero-order valence-corrected chi connectivity index (χ0v) is 15.5. The first kappa shape index (κ1) is 18.8. The van der Waals surface area contributed by atoms with Crippen LogP contribution in [0.1, 0.15) is 47.1 Å². The van der Waals surface area contributed by atoms with Crippen molar-refractivity contribution in [1.82, 2.24) is 15.1 Å². The van der Waals surface area contributed by atoms with Gasteiger partial charge in [-0.3, -0.25) is 14.7 Å². The normalized spacial score (nSPS) is 16.8. The third-order valence-electron chi connectivity index (χ3n) is 4.84. The summed E-state index contributed by atoms with van der Waals surface area (Å²) in [6.07, 6.45) is 3.03. The lowest BCUT2D eigenvalue weighted by atomic mass is 9.98. The highest BCUT2D eigenvalue weighted by molar-refractivity contribution is 5.90. The maximum atomic E-state index is 13.0. The van der Waals surface area contributed by atoms with Crippen molar-refractivity contribution in [2.45, 2.75) is 31.7 Å². The number of primary amides is 1. The highest BCUT2D eigenvalue weighted by Gasteiger charge is 2.29. The molecule has 1 atom stereocenters. The van der Waals surface area contributed by atoms with E-state index in [2.05, 4.69) is 10.2 Å². The number of likely N-dealkylation sites (tertiary alicyclic amines) is 1. The molecule has 0 spiro atoms. The fourth-order valence-electron chi connectivity index (χ4n) is 3.45. The summed E-state index contributed by atoms with van der Waals surface area (Å²) in [5.41, 5.74) is 7.05. The van der Waals surface area contributed by atoms with E-state index in [-0.39, 0.29) is 24.1 Å². The maximum absolute atomic E-state index is 13.0. The molecule has 0 bridgehead atoms. The van der Waals surface area contributed by atoms with Crippen molar-refractivity contribution >= 4 is 11.8 Å². The summed E-state index contributed by atoms with van der Waals surface area (Å²) in [6.45, 7) is 0.668. The van der Waals surface area contributed by atoms with Crippen LogP contribution in [0.3, 0.4) is 0 Å². The van der Waals surface area contributed by atoms with Crippen LogP contribution < -0.4 is 15.2 Å². The summed E-state index contributed by atoms with van der Waals surface area (Å²) in [4.78, 5) is 26.1. The molecular formula is C19H24N4O4. The molecule has 27 heavy (non-hydrogen) atoms. The molecule has 8 nitrogen and oxygen atoms in total. The standard InChI is InChI=1S/C19H24N4O4/c1-26-16-7-6-12(9-17(16)27-2)10-18(24)23-8-4-3-5-15(23)13-11-14(19(20)25)22-21-13/h6-7,9,11,15H,3-5,8,10H2,1-2H3,(H2,20,25)(H,21,22). The van der Waals surface area contributed by atoms with Gasteiger partial charge in [0.15, 0.2) is 11.5 Å². The summed E-state index contributed by atoms with van der Waals surface area (Å²) in [5, 5.41) is 6.80. The van der Waals surface area contributed by atoms with Gasteiger partial charge in [-0.2, -0.15) is 5.10 Å². The molecule has 8 heteroatoms. The molecule has 1 fully saturated rings. The van der Waals surface area contributed by atoms with Gasteiger partial charge in [0.25, 0.3) is 5.91 Å². The van der Waals surface area contributed by atoms with Crippen molar-refractivity contribution in [2.75, 3.05) is 20.8 Å². The van der Waals surface area contributed by atoms with Crippen LogP contribution in [-0.4, -0.2) is 47.7 Å². The molecule has 1 aromatic heterocycles. The molecule has 0 saturated carbocycles. The SMILES string of the molecule is COc1ccc(CC(=O)N2CCCCC2c2cc(C(N)=O)n[nH]2)cc1OC. The molecule has 0 radical (unpaired) electrons. The Morgan fingerprint density at radius 3 is 2.67 bits per heavy atom. The van der Waals surface area contributed by atoms with E-state index in [0.717, 1.165) is 30.5 Å². The molecule has 1 unspecified atom stereocenters. The minimum absolute atomic E-state index is 0.0159. The van der Waals surface area contributed by atoms with Crippen LogP contribution in [0.15, 0.2) is 24.3 Å². The van der Waals surface area contributed by atoms with E-state index in [1.165, 1.54) is 0 Å². The van der Waals surface area contributed by atoms with Gasteiger partial charge in [-0.25, -0.2) is 0 Å². The number of nitrogens with zero attached hydrogens (tertiary/aromatic N) is 2. The largest absolute Gasteiger partial charge is 0.493 e. The smallest absolute Gasteiger partial charge is 0.269 e. The van der Waals surface area contributed by atoms with Gasteiger partial charge >= 0.3 is 0 Å². The lowest BCUT2D eigenvalue weighted by Gasteiger charge is -2.35. The van der Waals surface area contributed by atoms with Crippen molar-refractivity contribution in [1.29, 1.82) is 0 Å². The number of nitrogens with one attached hydrogen (secondary N) is 1. The van der Waals surface area contributed by atoms with Crippen LogP contribution in [0.4, 0.5) is 0 Å². The first-order chi connectivity index (χ1) is 13.0. The van der Waals surface area contributed by atoms with Crippen LogP contribution in [0.25, 0.3) is 0 Å². The Kier molecular flexibility index (Phi) is 5.63. The van der Waals surface area contributed by atoms with Gasteiger partial charge in [-0.1, -0.05) is 6.07 Å². The summed E-state index contributed by atoms with van der Waals surface area (Å²) in [5.74, 6) is 0.650. The van der Waals surface area contributed by atoms with E-state index < -0.39 is 5.91 Å². The molecule has 3 rings (SSSR count). The van der Waals surface area contributed by atoms with E-state index in [4.69, 9.17) is 15.2 Å². The number of methoxy groups -OCH3 is 2. The van der Waals surface area contributed by atoms with Gasteiger partial charge < -0.3 is 20.1 Å². The number of aromatic nitrogens is 2. The van der Waals surface area contributed by atoms with Crippen LogP contribution in [-0.2, 0) is 11.2 Å². The Balaban J connectivity index is 1.78. The number of ether oxygens (including phenoxy) is 2. The van der Waals surface area contributed by atoms with E-state index in [9.17, 15) is 9.59 Å². The first-order valence-corrected chi connectivity index (χ1v) is 8.89. The predicted octanol–water partition coefficient (Wildman–Crippen LogP) is 1.82. The zero-order valence-electron chi connectivity index (χ0n) is 15.5. The highest BCUT2D eigenvalue weighted by atomic mass is 16.5. The molecular weight excluding hydrogens is 348 g/mol. The van der Waals surface area contributed by atoms with E-state index in [1.54, 1.807) is 26.4 Å². The highest BCUT2D eigenvalue weighted by Crippen LogP contribution is 2.32. The Morgan fingerprint density at radius 2 is 2.00 bits per heavy atom. The average molecular weight is 372 g/mol. The second-order valence-corrected chi connectivity index (χ2v) is 6.54. The van der Waals surface area contributed by atoms with Gasteiger partial charge in [0.1, 0.15) is 5.69 Å². The first-order valence-electron chi connectivity index (χ1n) is 8.89. The number of hydrogen-bond donors (Lipinski definition) is 2. The van der Waals surface area contributed by atoms with Crippen LogP contribution in [0.2, 0.25) is 0 Å². The lowest BCUT2D eigenvalue weighted by Crippen LogP contribution is -2.39. The van der Waals surface area contributed by atoms with Gasteiger partial charge in [-0.05, 0) is 43.0 Å². The van der Waals surface area contributed by atoms with Crippen molar-refractivity contribution in [3.63, 3.8) is 0 Å². The Bertz CT molecular complexity index is 833. The van der Waals surface area contributed by atoms with Crippen molar-refractivity contribution in [3.05, 3.63) is 41.2 Å². The number of carbonyl (C=O) groups is 2. The van der Waals surface area contributed by atoms with Crippen LogP contribution in [0, 0.1) is 0 Å². The Hall–Kier alpha value is -3.03. The number of carbonyl (C=O) groups excluding carboxylic acids is 2. The quantitative estimate of drug-likeness (QED) is 0.804. The third-order valence-corrected chi connectivity index (χ3v) is 4.84. The van der Waals surface area contributed by atoms with Gasteiger partial charge in [0.05, 0.1) is 32.4 Å². The third kappa shape index (κ3) is 4.05. The summed E-state index contributed by atoms with van der Waals surface area (Å²) in [6, 6.07) is 6.97. The summed E-state index contributed by atoms with van der Waals surface area (Å²) in [7, 11) is 3.14. The van der Waals surface area contributed by atoms with Gasteiger partial charge in [-0.15, -0.1) is 0 Å². The van der Waals surface area contributed by atoms with E-state index >= 15 is 0 Å². The maximum Gasteiger partial charge on any atom is 0.269 e. The number of benzene rings is 1. The zero-order chi connectivity index (χ0) is 19.4. The second-order valence-electron chi connectivity index (χ2n) is 6.54. The number of hydrogen-bond acceptors (Lipinski definition) is 5. The number of H-pyrrole nitrogens is 1. The molecule has 144 valence electrons. The monoisotopic (exact) mass is 372 g/mol. The lowest BCUT2D eigenvalue weighted by molar-refractivity contribution is -0.134. The average Bonchev–Trinajstić information content (AvgIpc) is 3.18. The molecule has 1 aliphatic rings. The molecule has 3 N–H and O–H groups in total. The Labute approximate surface area is 157 Å².